The van der Waals surface area contributed by atoms with Crippen LogP contribution in [0.1, 0.15) is 6.92 Å². The molecule has 0 aliphatic heterocycles. The van der Waals surface area contributed by atoms with E-state index in [4.69, 9.17) is 0 Å². The highest BCUT2D eigenvalue weighted by Crippen LogP contribution is 2.26. The molecule has 0 radical (unpaired) electrons. The highest BCUT2D eigenvalue weighted by Gasteiger charge is 2.19. The second kappa shape index (κ2) is 5.89. The summed E-state index contributed by atoms with van der Waals surface area (Å²) in [6.07, 6.45) is 0. The number of nitro groups is 1. The summed E-state index contributed by atoms with van der Waals surface area (Å²) in [5.74, 6) is -3.73. The van der Waals surface area contributed by atoms with Gasteiger partial charge in [-0.3, -0.25) is 10.1 Å². The van der Waals surface area contributed by atoms with Crippen LogP contribution in [0.4, 0.5) is 14.5 Å². The summed E-state index contributed by atoms with van der Waals surface area (Å²) < 4.78 is 35.6. The van der Waals surface area contributed by atoms with Gasteiger partial charge in [0.05, 0.1) is 17.6 Å². The number of carbonyl (C=O) groups excluding carboxylic acids is 1. The minimum Gasteiger partial charge on any atom is -0.479 e. The zero-order valence-corrected chi connectivity index (χ0v) is 9.31. The molecule has 0 N–H and O–H groups in total. The number of carbonyl (C=O) groups is 1. The molecule has 0 aromatic heterocycles. The second-order valence-electron chi connectivity index (χ2n) is 3.08. The van der Waals surface area contributed by atoms with E-state index in [1.807, 2.05) is 0 Å². The van der Waals surface area contributed by atoms with Gasteiger partial charge in [-0.15, -0.1) is 0 Å². The van der Waals surface area contributed by atoms with Crippen molar-refractivity contribution in [2.75, 3.05) is 13.2 Å². The highest BCUT2D eigenvalue weighted by atomic mass is 19.1. The fourth-order valence-corrected chi connectivity index (χ4v) is 1.11. The fourth-order valence-electron chi connectivity index (χ4n) is 1.11. The number of rotatable bonds is 5. The van der Waals surface area contributed by atoms with Crippen molar-refractivity contribution in [3.05, 3.63) is 33.9 Å². The Morgan fingerprint density at radius 3 is 2.61 bits per heavy atom. The van der Waals surface area contributed by atoms with Gasteiger partial charge in [-0.2, -0.15) is 4.39 Å². The molecule has 0 spiro atoms. The Bertz CT molecular complexity index is 478. The van der Waals surface area contributed by atoms with Crippen LogP contribution in [0.2, 0.25) is 0 Å². The number of hydrogen-bond donors (Lipinski definition) is 0. The lowest BCUT2D eigenvalue weighted by molar-refractivity contribution is -0.387. The first kappa shape index (κ1) is 13.8. The molecule has 0 fully saturated rings. The maximum Gasteiger partial charge on any atom is 0.344 e. The Balaban J connectivity index is 2.82. The lowest BCUT2D eigenvalue weighted by Crippen LogP contribution is -2.15. The van der Waals surface area contributed by atoms with E-state index in [9.17, 15) is 23.7 Å². The predicted octanol–water partition coefficient (Wildman–Crippen LogP) is 1.81. The van der Waals surface area contributed by atoms with Crippen LogP contribution in [-0.2, 0) is 9.53 Å². The maximum absolute atomic E-state index is 13.3. The average molecular weight is 261 g/mol. The summed E-state index contributed by atoms with van der Waals surface area (Å²) in [5, 5.41) is 10.3. The number of nitro benzene ring substituents is 1. The summed E-state index contributed by atoms with van der Waals surface area (Å²) in [7, 11) is 0. The quantitative estimate of drug-likeness (QED) is 0.459. The van der Waals surface area contributed by atoms with Crippen LogP contribution in [0.5, 0.6) is 5.75 Å². The third-order valence-electron chi connectivity index (χ3n) is 1.85. The van der Waals surface area contributed by atoms with Gasteiger partial charge in [-0.1, -0.05) is 0 Å². The van der Waals surface area contributed by atoms with Crippen molar-refractivity contribution in [2.45, 2.75) is 6.92 Å². The Morgan fingerprint density at radius 2 is 2.06 bits per heavy atom. The molecule has 0 bridgehead atoms. The van der Waals surface area contributed by atoms with E-state index in [0.717, 1.165) is 0 Å². The molecular formula is C10H9F2NO5. The Kier molecular flexibility index (Phi) is 4.52. The smallest absolute Gasteiger partial charge is 0.344 e. The van der Waals surface area contributed by atoms with Crippen LogP contribution in [0.25, 0.3) is 0 Å². The Labute approximate surface area is 100 Å². The average Bonchev–Trinajstić information content (AvgIpc) is 2.29. The number of esters is 1. The third-order valence-corrected chi connectivity index (χ3v) is 1.85. The minimum absolute atomic E-state index is 0.124. The monoisotopic (exact) mass is 261 g/mol. The maximum atomic E-state index is 13.3. The van der Waals surface area contributed by atoms with Gasteiger partial charge in [0.2, 0.25) is 5.82 Å². The van der Waals surface area contributed by atoms with E-state index in [0.29, 0.717) is 12.1 Å². The van der Waals surface area contributed by atoms with E-state index < -0.39 is 40.6 Å². The van der Waals surface area contributed by atoms with Gasteiger partial charge in [0.25, 0.3) is 0 Å². The number of halogens is 2. The van der Waals surface area contributed by atoms with Gasteiger partial charge in [-0.05, 0) is 6.92 Å². The number of nitrogens with zero attached hydrogens (tertiary/aromatic N) is 1. The van der Waals surface area contributed by atoms with Gasteiger partial charge in [-0.25, -0.2) is 9.18 Å². The molecule has 18 heavy (non-hydrogen) atoms. The molecule has 0 saturated carbocycles. The van der Waals surface area contributed by atoms with Crippen molar-refractivity contribution >= 4 is 11.7 Å². The predicted molar refractivity (Wildman–Crippen MR) is 55.1 cm³/mol. The zero-order chi connectivity index (χ0) is 13.7. The van der Waals surface area contributed by atoms with Gasteiger partial charge in [0.15, 0.2) is 18.2 Å². The molecule has 1 aromatic carbocycles. The van der Waals surface area contributed by atoms with Crippen molar-refractivity contribution in [3.8, 4) is 5.75 Å². The Morgan fingerprint density at radius 1 is 1.39 bits per heavy atom. The fraction of sp³-hybridized carbons (Fsp3) is 0.300. The number of ether oxygens (including phenoxy) is 2. The van der Waals surface area contributed by atoms with Crippen LogP contribution in [0, 0.1) is 21.7 Å². The van der Waals surface area contributed by atoms with Crippen LogP contribution >= 0.6 is 0 Å². The molecule has 0 aliphatic rings. The van der Waals surface area contributed by atoms with Crippen LogP contribution < -0.4 is 4.74 Å². The molecule has 8 heteroatoms. The van der Waals surface area contributed by atoms with Gasteiger partial charge in [0, 0.05) is 6.07 Å². The summed E-state index contributed by atoms with van der Waals surface area (Å²) >= 11 is 0. The van der Waals surface area contributed by atoms with Crippen molar-refractivity contribution in [3.63, 3.8) is 0 Å². The molecule has 0 amide bonds. The van der Waals surface area contributed by atoms with Gasteiger partial charge >= 0.3 is 11.7 Å². The third kappa shape index (κ3) is 3.37. The number of hydrogen-bond acceptors (Lipinski definition) is 5. The summed E-state index contributed by atoms with van der Waals surface area (Å²) in [6.45, 7) is 1.09. The van der Waals surface area contributed by atoms with Gasteiger partial charge in [0.1, 0.15) is 0 Å². The molecule has 0 heterocycles. The molecule has 0 aliphatic carbocycles. The van der Waals surface area contributed by atoms with E-state index in [1.54, 1.807) is 6.92 Å². The van der Waals surface area contributed by atoms with Crippen LogP contribution in [-0.4, -0.2) is 24.1 Å². The molecule has 0 saturated heterocycles. The van der Waals surface area contributed by atoms with Crippen molar-refractivity contribution in [2.24, 2.45) is 0 Å². The zero-order valence-electron chi connectivity index (χ0n) is 9.31. The largest absolute Gasteiger partial charge is 0.479 e. The van der Waals surface area contributed by atoms with E-state index in [2.05, 4.69) is 9.47 Å². The SMILES string of the molecule is CCOC(=O)COc1cc(F)c([N+](=O)[O-])cc1F. The molecule has 98 valence electrons. The van der Waals surface area contributed by atoms with Gasteiger partial charge < -0.3 is 9.47 Å². The van der Waals surface area contributed by atoms with E-state index in [-0.39, 0.29) is 6.61 Å². The van der Waals surface area contributed by atoms with E-state index in [1.165, 1.54) is 0 Å². The number of benzene rings is 1. The molecule has 1 aromatic rings. The van der Waals surface area contributed by atoms with Crippen LogP contribution in [0.3, 0.4) is 0 Å². The molecule has 0 unspecified atom stereocenters. The lowest BCUT2D eigenvalue weighted by Gasteiger charge is -2.06. The van der Waals surface area contributed by atoms with E-state index >= 15 is 0 Å². The minimum atomic E-state index is -1.25. The van der Waals surface area contributed by atoms with Crippen molar-refractivity contribution in [1.82, 2.24) is 0 Å². The Hall–Kier alpha value is -2.25. The molecule has 6 nitrogen and oxygen atoms in total. The summed E-state index contributed by atoms with van der Waals surface area (Å²) in [5.41, 5.74) is -1.00. The second-order valence-corrected chi connectivity index (χ2v) is 3.08. The molecular weight excluding hydrogens is 252 g/mol. The molecule has 1 rings (SSSR count). The van der Waals surface area contributed by atoms with Crippen LogP contribution in [0.15, 0.2) is 12.1 Å². The summed E-state index contributed by atoms with van der Waals surface area (Å²) in [6, 6.07) is 0.891. The van der Waals surface area contributed by atoms with Crippen molar-refractivity contribution < 1.29 is 28.0 Å². The topological polar surface area (TPSA) is 78.7 Å². The highest BCUT2D eigenvalue weighted by molar-refractivity contribution is 5.71. The lowest BCUT2D eigenvalue weighted by atomic mass is 10.3. The first-order chi connectivity index (χ1) is 8.45. The molecule has 0 atom stereocenters. The summed E-state index contributed by atoms with van der Waals surface area (Å²) in [4.78, 5) is 20.2. The first-order valence-corrected chi connectivity index (χ1v) is 4.87. The van der Waals surface area contributed by atoms with Crippen molar-refractivity contribution in [1.29, 1.82) is 0 Å². The first-order valence-electron chi connectivity index (χ1n) is 4.87. The normalized spacial score (nSPS) is 9.94. The standard InChI is InChI=1S/C10H9F2NO5/c1-2-17-10(14)5-18-9-4-6(11)8(13(15)16)3-7(9)12/h3-4H,2,5H2,1H3.